The van der Waals surface area contributed by atoms with E-state index in [4.69, 9.17) is 13.9 Å². The Labute approximate surface area is 166 Å². The summed E-state index contributed by atoms with van der Waals surface area (Å²) in [5, 5.41) is 3.25. The molecule has 3 heterocycles. The van der Waals surface area contributed by atoms with Gasteiger partial charge in [-0.1, -0.05) is 12.1 Å². The number of oxazole rings is 1. The average molecular weight is 397 g/mol. The minimum atomic E-state index is -0.624. The summed E-state index contributed by atoms with van der Waals surface area (Å²) in [6.07, 6.45) is 0.882. The second kappa shape index (κ2) is 7.27. The van der Waals surface area contributed by atoms with Gasteiger partial charge in [0.15, 0.2) is 17.1 Å². The molecule has 1 amide bonds. The number of fused-ring (bicyclic) bond motifs is 2. The van der Waals surface area contributed by atoms with E-state index in [1.807, 2.05) is 23.1 Å². The van der Waals surface area contributed by atoms with Gasteiger partial charge in [0.1, 0.15) is 17.9 Å². The van der Waals surface area contributed by atoms with Gasteiger partial charge >= 0.3 is 0 Å². The Hall–Kier alpha value is -3.29. The second-order valence-corrected chi connectivity index (χ2v) is 7.24. The maximum absolute atomic E-state index is 13.3. The lowest BCUT2D eigenvalue weighted by Crippen LogP contribution is -2.50. The number of halogens is 1. The summed E-state index contributed by atoms with van der Waals surface area (Å²) < 4.78 is 30.4. The normalized spacial score (nSPS) is 19.3. The van der Waals surface area contributed by atoms with Crippen molar-refractivity contribution in [3.8, 4) is 11.5 Å². The Morgan fingerprint density at radius 3 is 2.76 bits per heavy atom. The van der Waals surface area contributed by atoms with Crippen LogP contribution in [0.5, 0.6) is 11.5 Å². The van der Waals surface area contributed by atoms with Gasteiger partial charge < -0.3 is 24.1 Å². The van der Waals surface area contributed by atoms with Crippen LogP contribution >= 0.6 is 0 Å². The number of ether oxygens (including phenoxy) is 2. The minimum absolute atomic E-state index is 0.0599. The molecule has 2 aliphatic rings. The van der Waals surface area contributed by atoms with E-state index in [9.17, 15) is 9.18 Å². The summed E-state index contributed by atoms with van der Waals surface area (Å²) >= 11 is 0. The Morgan fingerprint density at radius 1 is 1.14 bits per heavy atom. The fraction of sp³-hybridized carbons (Fsp3) is 0.333. The molecule has 2 aliphatic heterocycles. The van der Waals surface area contributed by atoms with Gasteiger partial charge in [-0.25, -0.2) is 4.39 Å². The highest BCUT2D eigenvalue weighted by molar-refractivity contribution is 5.82. The zero-order valence-electron chi connectivity index (χ0n) is 15.6. The quantitative estimate of drug-likeness (QED) is 0.731. The first-order valence-corrected chi connectivity index (χ1v) is 9.65. The maximum Gasteiger partial charge on any atom is 0.295 e. The van der Waals surface area contributed by atoms with Crippen LogP contribution in [0.25, 0.3) is 11.1 Å². The molecular formula is C21H20FN3O4. The molecule has 7 nitrogen and oxygen atoms in total. The first-order valence-electron chi connectivity index (χ1n) is 9.65. The van der Waals surface area contributed by atoms with E-state index in [2.05, 4.69) is 10.3 Å². The van der Waals surface area contributed by atoms with Crippen molar-refractivity contribution in [2.24, 2.45) is 0 Å². The standard InChI is InChI=1S/C21H20FN3O4/c22-13-5-6-16-15(11-13)24-21(29-16)23-14-7-9-25(10-8-14)20(26)19-12-27-17-3-1-2-4-18(17)28-19/h1-6,11,14,19H,7-10,12H2,(H,23,24)/t19-/m0/s1. The molecule has 2 aromatic carbocycles. The molecule has 1 fully saturated rings. The van der Waals surface area contributed by atoms with Crippen LogP contribution in [-0.2, 0) is 4.79 Å². The van der Waals surface area contributed by atoms with Crippen molar-refractivity contribution >= 4 is 23.0 Å². The van der Waals surface area contributed by atoms with Crippen molar-refractivity contribution in [2.75, 3.05) is 25.0 Å². The van der Waals surface area contributed by atoms with Crippen molar-refractivity contribution in [3.63, 3.8) is 0 Å². The number of carbonyl (C=O) groups is 1. The van der Waals surface area contributed by atoms with Crippen molar-refractivity contribution in [1.82, 2.24) is 9.88 Å². The monoisotopic (exact) mass is 397 g/mol. The maximum atomic E-state index is 13.3. The van der Waals surface area contributed by atoms with Gasteiger partial charge in [-0.2, -0.15) is 4.98 Å². The van der Waals surface area contributed by atoms with E-state index < -0.39 is 6.10 Å². The molecule has 150 valence electrons. The Kier molecular flexibility index (Phi) is 4.46. The van der Waals surface area contributed by atoms with E-state index in [0.717, 1.165) is 12.8 Å². The third-order valence-corrected chi connectivity index (χ3v) is 5.27. The number of amides is 1. The average Bonchev–Trinajstić information content (AvgIpc) is 3.14. The highest BCUT2D eigenvalue weighted by atomic mass is 19.1. The molecule has 0 spiro atoms. The molecule has 0 radical (unpaired) electrons. The van der Waals surface area contributed by atoms with Crippen LogP contribution in [0, 0.1) is 5.82 Å². The minimum Gasteiger partial charge on any atom is -0.485 e. The number of hydrogen-bond acceptors (Lipinski definition) is 6. The fourth-order valence-electron chi connectivity index (χ4n) is 3.73. The van der Waals surface area contributed by atoms with Gasteiger partial charge in [-0.3, -0.25) is 4.79 Å². The predicted octanol–water partition coefficient (Wildman–Crippen LogP) is 3.21. The van der Waals surface area contributed by atoms with Crippen LogP contribution in [0.1, 0.15) is 12.8 Å². The van der Waals surface area contributed by atoms with Crippen LogP contribution in [-0.4, -0.2) is 47.6 Å². The highest BCUT2D eigenvalue weighted by Crippen LogP contribution is 2.31. The zero-order chi connectivity index (χ0) is 19.8. The first kappa shape index (κ1) is 17.8. The third kappa shape index (κ3) is 3.57. The summed E-state index contributed by atoms with van der Waals surface area (Å²) in [6.45, 7) is 1.42. The first-order chi connectivity index (χ1) is 14.2. The van der Waals surface area contributed by atoms with E-state index >= 15 is 0 Å². The Balaban J connectivity index is 1.17. The second-order valence-electron chi connectivity index (χ2n) is 7.24. The summed E-state index contributed by atoms with van der Waals surface area (Å²) in [5.74, 6) is 0.856. The molecule has 0 saturated carbocycles. The van der Waals surface area contributed by atoms with Gasteiger partial charge in [0.2, 0.25) is 6.10 Å². The number of likely N-dealkylation sites (tertiary alicyclic amines) is 1. The molecule has 0 aliphatic carbocycles. The summed E-state index contributed by atoms with van der Waals surface area (Å²) in [5.41, 5.74) is 1.02. The lowest BCUT2D eigenvalue weighted by Gasteiger charge is -2.35. The SMILES string of the molecule is O=C([C@@H]1COc2ccccc2O1)N1CCC(Nc2nc3cc(F)ccc3o2)CC1. The molecule has 1 aromatic heterocycles. The molecule has 3 aromatic rings. The number of nitrogens with one attached hydrogen (secondary N) is 1. The van der Waals surface area contributed by atoms with E-state index in [1.54, 1.807) is 12.1 Å². The van der Waals surface area contributed by atoms with Crippen molar-refractivity contribution in [2.45, 2.75) is 25.0 Å². The summed E-state index contributed by atoms with van der Waals surface area (Å²) in [7, 11) is 0. The van der Waals surface area contributed by atoms with Crippen LogP contribution in [0.2, 0.25) is 0 Å². The number of rotatable bonds is 3. The fourth-order valence-corrected chi connectivity index (χ4v) is 3.73. The number of aromatic nitrogens is 1. The van der Waals surface area contributed by atoms with Crippen molar-refractivity contribution in [3.05, 3.63) is 48.3 Å². The number of para-hydroxylation sites is 2. The van der Waals surface area contributed by atoms with E-state index in [-0.39, 0.29) is 24.4 Å². The van der Waals surface area contributed by atoms with Crippen LogP contribution < -0.4 is 14.8 Å². The van der Waals surface area contributed by atoms with Gasteiger partial charge in [0.05, 0.1) is 0 Å². The number of anilines is 1. The number of hydrogen-bond donors (Lipinski definition) is 1. The van der Waals surface area contributed by atoms with E-state index in [1.165, 1.54) is 12.1 Å². The van der Waals surface area contributed by atoms with Crippen molar-refractivity contribution < 1.29 is 23.1 Å². The molecule has 1 atom stereocenters. The summed E-state index contributed by atoms with van der Waals surface area (Å²) in [6, 6.07) is 12.1. The highest BCUT2D eigenvalue weighted by Gasteiger charge is 2.33. The number of carbonyl (C=O) groups excluding carboxylic acids is 1. The van der Waals surface area contributed by atoms with Crippen molar-refractivity contribution in [1.29, 1.82) is 0 Å². The Morgan fingerprint density at radius 2 is 1.93 bits per heavy atom. The topological polar surface area (TPSA) is 76.8 Å². The van der Waals surface area contributed by atoms with Gasteiger partial charge in [0, 0.05) is 25.2 Å². The van der Waals surface area contributed by atoms with E-state index in [0.29, 0.717) is 41.7 Å². The molecule has 0 bridgehead atoms. The summed E-state index contributed by atoms with van der Waals surface area (Å²) in [4.78, 5) is 18.9. The molecule has 8 heteroatoms. The molecule has 1 N–H and O–H groups in total. The molecule has 1 saturated heterocycles. The van der Waals surface area contributed by atoms with Gasteiger partial charge in [0.25, 0.3) is 11.9 Å². The predicted molar refractivity (Wildman–Crippen MR) is 104 cm³/mol. The van der Waals surface area contributed by atoms with Gasteiger partial charge in [-0.05, 0) is 37.1 Å². The van der Waals surface area contributed by atoms with Crippen LogP contribution in [0.15, 0.2) is 46.9 Å². The lowest BCUT2D eigenvalue weighted by molar-refractivity contribution is -0.142. The molecule has 0 unspecified atom stereocenters. The number of benzene rings is 2. The zero-order valence-corrected chi connectivity index (χ0v) is 15.6. The van der Waals surface area contributed by atoms with Crippen LogP contribution in [0.3, 0.4) is 0 Å². The number of nitrogens with zero attached hydrogens (tertiary/aromatic N) is 2. The smallest absolute Gasteiger partial charge is 0.295 e. The molecular weight excluding hydrogens is 377 g/mol. The third-order valence-electron chi connectivity index (χ3n) is 5.27. The molecule has 5 rings (SSSR count). The Bertz CT molecular complexity index is 1050. The molecule has 29 heavy (non-hydrogen) atoms. The van der Waals surface area contributed by atoms with Crippen LogP contribution in [0.4, 0.5) is 10.4 Å². The largest absolute Gasteiger partial charge is 0.485 e. The number of piperidine rings is 1. The van der Waals surface area contributed by atoms with Gasteiger partial charge in [-0.15, -0.1) is 0 Å². The lowest BCUT2D eigenvalue weighted by atomic mass is 10.0.